The topological polar surface area (TPSA) is 58.5 Å². The van der Waals surface area contributed by atoms with Gasteiger partial charge in [0.05, 0.1) is 10.6 Å². The highest BCUT2D eigenvalue weighted by molar-refractivity contribution is 7.89. The first kappa shape index (κ1) is 16.5. The summed E-state index contributed by atoms with van der Waals surface area (Å²) in [4.78, 5) is 2.36. The highest BCUT2D eigenvalue weighted by Gasteiger charge is 2.12. The van der Waals surface area contributed by atoms with E-state index in [1.807, 2.05) is 32.0 Å². The van der Waals surface area contributed by atoms with E-state index in [2.05, 4.69) is 9.93 Å². The van der Waals surface area contributed by atoms with E-state index in [0.717, 1.165) is 11.1 Å². The van der Waals surface area contributed by atoms with Crippen molar-refractivity contribution in [3.63, 3.8) is 0 Å². The van der Waals surface area contributed by atoms with E-state index in [1.165, 1.54) is 29.8 Å². The molecule has 0 aromatic heterocycles. The Morgan fingerprint density at radius 3 is 2.27 bits per heavy atom. The van der Waals surface area contributed by atoms with E-state index in [9.17, 15) is 8.42 Å². The Morgan fingerprint density at radius 1 is 1.05 bits per heavy atom. The number of benzene rings is 2. The molecule has 0 atom stereocenters. The summed E-state index contributed by atoms with van der Waals surface area (Å²) in [5.41, 5.74) is 3.79. The fraction of sp³-hybridized carbons (Fsp3) is 0.188. The summed E-state index contributed by atoms with van der Waals surface area (Å²) in [6.45, 7) is 5.79. The van der Waals surface area contributed by atoms with Gasteiger partial charge in [0.1, 0.15) is 0 Å². The maximum Gasteiger partial charge on any atom is 0.276 e. The van der Waals surface area contributed by atoms with E-state index in [1.54, 1.807) is 6.92 Å². The van der Waals surface area contributed by atoms with Crippen LogP contribution in [0.25, 0.3) is 0 Å². The summed E-state index contributed by atoms with van der Waals surface area (Å²) in [7, 11) is -3.69. The smallest absolute Gasteiger partial charge is 0.200 e. The van der Waals surface area contributed by atoms with Crippen LogP contribution in [0.5, 0.6) is 0 Å². The number of nitrogens with zero attached hydrogens (tertiary/aromatic N) is 1. The molecule has 116 valence electrons. The van der Waals surface area contributed by atoms with Gasteiger partial charge in [-0.05, 0) is 67.8 Å². The standard InChI is InChI=1S/C16H17ClN2O2S/c1-11-4-5-14(10-12(11)2)13(3)18-19-22(20,21)16-8-6-15(17)7-9-16/h4-10,19H,1-3H3/b18-13+. The van der Waals surface area contributed by atoms with Gasteiger partial charge in [-0.1, -0.05) is 23.7 Å². The average Bonchev–Trinajstić information content (AvgIpc) is 2.48. The van der Waals surface area contributed by atoms with Crippen molar-refractivity contribution in [2.24, 2.45) is 5.10 Å². The first-order valence-corrected chi connectivity index (χ1v) is 8.55. The van der Waals surface area contributed by atoms with E-state index in [4.69, 9.17) is 11.6 Å². The highest BCUT2D eigenvalue weighted by Crippen LogP contribution is 2.14. The second-order valence-corrected chi connectivity index (χ2v) is 7.14. The van der Waals surface area contributed by atoms with Crippen molar-refractivity contribution >= 4 is 27.3 Å². The van der Waals surface area contributed by atoms with Gasteiger partial charge in [0.25, 0.3) is 10.0 Å². The summed E-state index contributed by atoms with van der Waals surface area (Å²) < 4.78 is 24.3. The fourth-order valence-corrected chi connectivity index (χ4v) is 2.81. The zero-order chi connectivity index (χ0) is 16.3. The average molecular weight is 337 g/mol. The van der Waals surface area contributed by atoms with Gasteiger partial charge in [0.2, 0.25) is 0 Å². The molecular formula is C16H17ClN2O2S. The maximum absolute atomic E-state index is 12.1. The number of halogens is 1. The molecule has 1 N–H and O–H groups in total. The monoisotopic (exact) mass is 336 g/mol. The zero-order valence-corrected chi connectivity index (χ0v) is 14.2. The number of hydrogen-bond donors (Lipinski definition) is 1. The lowest BCUT2D eigenvalue weighted by atomic mass is 10.0. The van der Waals surface area contributed by atoms with Gasteiger partial charge < -0.3 is 0 Å². The maximum atomic E-state index is 12.1. The van der Waals surface area contributed by atoms with Crippen LogP contribution >= 0.6 is 11.6 Å². The van der Waals surface area contributed by atoms with E-state index < -0.39 is 10.0 Å². The van der Waals surface area contributed by atoms with Gasteiger partial charge in [-0.3, -0.25) is 0 Å². The van der Waals surface area contributed by atoms with Crippen LogP contribution in [-0.2, 0) is 10.0 Å². The predicted octanol–water partition coefficient (Wildman–Crippen LogP) is 3.66. The quantitative estimate of drug-likeness (QED) is 0.684. The van der Waals surface area contributed by atoms with E-state index in [0.29, 0.717) is 10.7 Å². The van der Waals surface area contributed by atoms with Crippen molar-refractivity contribution in [1.29, 1.82) is 0 Å². The third kappa shape index (κ3) is 3.87. The molecule has 0 saturated heterocycles. The molecule has 0 radical (unpaired) electrons. The van der Waals surface area contributed by atoms with E-state index >= 15 is 0 Å². The van der Waals surface area contributed by atoms with Crippen molar-refractivity contribution in [1.82, 2.24) is 4.83 Å². The SMILES string of the molecule is C/C(=N\NS(=O)(=O)c1ccc(Cl)cc1)c1ccc(C)c(C)c1. The van der Waals surface area contributed by atoms with Crippen LogP contribution in [0, 0.1) is 13.8 Å². The molecule has 0 bridgehead atoms. The Bertz CT molecular complexity index is 813. The highest BCUT2D eigenvalue weighted by atomic mass is 35.5. The summed E-state index contributed by atoms with van der Waals surface area (Å²) >= 11 is 5.75. The molecule has 6 heteroatoms. The van der Waals surface area contributed by atoms with Gasteiger partial charge in [-0.2, -0.15) is 18.4 Å². The minimum absolute atomic E-state index is 0.119. The van der Waals surface area contributed by atoms with Crippen LogP contribution in [0.2, 0.25) is 5.02 Å². The minimum Gasteiger partial charge on any atom is -0.200 e. The van der Waals surface area contributed by atoms with Crippen LogP contribution in [0.1, 0.15) is 23.6 Å². The molecule has 4 nitrogen and oxygen atoms in total. The van der Waals surface area contributed by atoms with Crippen molar-refractivity contribution in [3.8, 4) is 0 Å². The molecule has 2 aromatic carbocycles. The lowest BCUT2D eigenvalue weighted by Crippen LogP contribution is -2.19. The molecule has 22 heavy (non-hydrogen) atoms. The van der Waals surface area contributed by atoms with Gasteiger partial charge in [-0.15, -0.1) is 0 Å². The molecular weight excluding hydrogens is 320 g/mol. The number of rotatable bonds is 4. The number of hydrogen-bond acceptors (Lipinski definition) is 3. The van der Waals surface area contributed by atoms with Crippen LogP contribution in [0.3, 0.4) is 0 Å². The fourth-order valence-electron chi connectivity index (χ4n) is 1.83. The molecule has 0 amide bonds. The molecule has 0 unspecified atom stereocenters. The number of aryl methyl sites for hydroxylation is 2. The summed E-state index contributed by atoms with van der Waals surface area (Å²) in [6.07, 6.45) is 0. The Morgan fingerprint density at radius 2 is 1.68 bits per heavy atom. The molecule has 0 aliphatic rings. The molecule has 2 rings (SSSR count). The van der Waals surface area contributed by atoms with Crippen molar-refractivity contribution in [3.05, 3.63) is 64.2 Å². The van der Waals surface area contributed by atoms with Gasteiger partial charge in [0.15, 0.2) is 0 Å². The first-order chi connectivity index (χ1) is 10.3. The van der Waals surface area contributed by atoms with Crippen LogP contribution < -0.4 is 4.83 Å². The number of nitrogens with one attached hydrogen (secondary N) is 1. The molecule has 0 spiro atoms. The molecule has 0 heterocycles. The molecule has 0 aliphatic heterocycles. The largest absolute Gasteiger partial charge is 0.276 e. The molecule has 0 fully saturated rings. The molecule has 2 aromatic rings. The second kappa shape index (κ2) is 6.50. The zero-order valence-electron chi connectivity index (χ0n) is 12.6. The third-order valence-electron chi connectivity index (χ3n) is 3.38. The van der Waals surface area contributed by atoms with Gasteiger partial charge in [0, 0.05) is 5.02 Å². The normalized spacial score (nSPS) is 12.3. The van der Waals surface area contributed by atoms with E-state index in [-0.39, 0.29) is 4.90 Å². The minimum atomic E-state index is -3.69. The predicted molar refractivity (Wildman–Crippen MR) is 89.9 cm³/mol. The van der Waals surface area contributed by atoms with Gasteiger partial charge >= 0.3 is 0 Å². The Kier molecular flexibility index (Phi) is 4.88. The summed E-state index contributed by atoms with van der Waals surface area (Å²) in [6, 6.07) is 11.8. The van der Waals surface area contributed by atoms with Crippen molar-refractivity contribution in [2.75, 3.05) is 0 Å². The van der Waals surface area contributed by atoms with Crippen LogP contribution in [0.4, 0.5) is 0 Å². The summed E-state index contributed by atoms with van der Waals surface area (Å²) in [5.74, 6) is 0. The summed E-state index contributed by atoms with van der Waals surface area (Å²) in [5, 5.41) is 4.46. The van der Waals surface area contributed by atoms with Crippen LogP contribution in [0.15, 0.2) is 52.5 Å². The second-order valence-electron chi connectivity index (χ2n) is 5.04. The lowest BCUT2D eigenvalue weighted by Gasteiger charge is -2.07. The Labute approximate surface area is 135 Å². The molecule has 0 saturated carbocycles. The lowest BCUT2D eigenvalue weighted by molar-refractivity contribution is 0.584. The third-order valence-corrected chi connectivity index (χ3v) is 4.86. The van der Waals surface area contributed by atoms with Crippen molar-refractivity contribution in [2.45, 2.75) is 25.7 Å². The molecule has 0 aliphatic carbocycles. The van der Waals surface area contributed by atoms with Gasteiger partial charge in [-0.25, -0.2) is 0 Å². The first-order valence-electron chi connectivity index (χ1n) is 6.69. The van der Waals surface area contributed by atoms with Crippen LogP contribution in [-0.4, -0.2) is 14.1 Å². The Hall–Kier alpha value is -1.85. The number of sulfonamides is 1. The Balaban J connectivity index is 2.22. The van der Waals surface area contributed by atoms with Crippen molar-refractivity contribution < 1.29 is 8.42 Å². The number of hydrazone groups is 1.